The fourth-order valence-corrected chi connectivity index (χ4v) is 4.10. The molecule has 4 rings (SSSR count). The lowest BCUT2D eigenvalue weighted by Crippen LogP contribution is -2.51. The molecule has 2 heterocycles. The van der Waals surface area contributed by atoms with Gasteiger partial charge in [-0.25, -0.2) is 4.39 Å². The molecular weight excluding hydrogens is 313 g/mol. The van der Waals surface area contributed by atoms with Crippen molar-refractivity contribution in [1.29, 1.82) is 0 Å². The van der Waals surface area contributed by atoms with Crippen molar-refractivity contribution in [2.24, 2.45) is 11.8 Å². The molecule has 2 aliphatic rings. The van der Waals surface area contributed by atoms with Crippen LogP contribution in [-0.2, 0) is 11.2 Å². The second-order valence-corrected chi connectivity index (χ2v) is 7.49. The molecule has 0 radical (unpaired) electrons. The van der Waals surface area contributed by atoms with Gasteiger partial charge in [-0.3, -0.25) is 0 Å². The van der Waals surface area contributed by atoms with Crippen molar-refractivity contribution in [3.8, 4) is 0 Å². The maximum atomic E-state index is 14.6. The Kier molecular flexibility index (Phi) is 4.76. The zero-order chi connectivity index (χ0) is 17.2. The van der Waals surface area contributed by atoms with Crippen molar-refractivity contribution < 1.29 is 9.13 Å². The van der Waals surface area contributed by atoms with Crippen molar-refractivity contribution in [2.75, 3.05) is 31.2 Å². The van der Waals surface area contributed by atoms with Crippen molar-refractivity contribution in [1.82, 2.24) is 0 Å². The summed E-state index contributed by atoms with van der Waals surface area (Å²) < 4.78 is 20.0. The number of rotatable bonds is 4. The molecular formula is C22H26FNO. The highest BCUT2D eigenvalue weighted by Crippen LogP contribution is 2.34. The van der Waals surface area contributed by atoms with Gasteiger partial charge < -0.3 is 9.64 Å². The van der Waals surface area contributed by atoms with Gasteiger partial charge in [0.25, 0.3) is 0 Å². The highest BCUT2D eigenvalue weighted by molar-refractivity contribution is 5.51. The molecule has 0 saturated carbocycles. The Morgan fingerprint density at radius 3 is 2.48 bits per heavy atom. The van der Waals surface area contributed by atoms with E-state index in [0.29, 0.717) is 6.42 Å². The lowest BCUT2D eigenvalue weighted by atomic mass is 9.80. The molecule has 0 amide bonds. The van der Waals surface area contributed by atoms with Crippen LogP contribution in [0, 0.1) is 24.6 Å². The van der Waals surface area contributed by atoms with Crippen LogP contribution in [0.2, 0.25) is 0 Å². The molecule has 0 bridgehead atoms. The van der Waals surface area contributed by atoms with Crippen LogP contribution in [0.4, 0.5) is 10.1 Å². The summed E-state index contributed by atoms with van der Waals surface area (Å²) in [5, 5.41) is 0. The molecule has 0 aliphatic carbocycles. The molecule has 2 aromatic carbocycles. The summed E-state index contributed by atoms with van der Waals surface area (Å²) in [6.45, 7) is 6.01. The van der Waals surface area contributed by atoms with Gasteiger partial charge in [-0.15, -0.1) is 0 Å². The van der Waals surface area contributed by atoms with Crippen LogP contribution >= 0.6 is 0 Å². The number of anilines is 1. The minimum Gasteiger partial charge on any atom is -0.381 e. The van der Waals surface area contributed by atoms with Crippen molar-refractivity contribution in [3.63, 3.8) is 0 Å². The smallest absolute Gasteiger partial charge is 0.128 e. The second kappa shape index (κ2) is 7.17. The Morgan fingerprint density at radius 2 is 1.76 bits per heavy atom. The maximum absolute atomic E-state index is 14.6. The van der Waals surface area contributed by atoms with Gasteiger partial charge in [0.15, 0.2) is 0 Å². The molecule has 2 fully saturated rings. The van der Waals surface area contributed by atoms with Crippen LogP contribution in [0.1, 0.15) is 29.5 Å². The van der Waals surface area contributed by atoms with Crippen LogP contribution in [0.3, 0.4) is 0 Å². The van der Waals surface area contributed by atoms with Gasteiger partial charge in [-0.1, -0.05) is 30.3 Å². The summed E-state index contributed by atoms with van der Waals surface area (Å²) in [7, 11) is 0. The Bertz CT molecular complexity index is 733. The zero-order valence-corrected chi connectivity index (χ0v) is 14.9. The van der Waals surface area contributed by atoms with E-state index in [4.69, 9.17) is 4.74 Å². The third-order valence-electron chi connectivity index (χ3n) is 5.89. The van der Waals surface area contributed by atoms with Gasteiger partial charge in [0.1, 0.15) is 5.82 Å². The van der Waals surface area contributed by atoms with E-state index in [-0.39, 0.29) is 5.82 Å². The van der Waals surface area contributed by atoms with Gasteiger partial charge in [0, 0.05) is 38.4 Å². The number of nitrogens with zero attached hydrogens (tertiary/aromatic N) is 1. The molecule has 0 unspecified atom stereocenters. The minimum absolute atomic E-state index is 0.0877. The summed E-state index contributed by atoms with van der Waals surface area (Å²) in [6.07, 6.45) is 3.02. The summed E-state index contributed by atoms with van der Waals surface area (Å²) in [5.41, 5.74) is 4.21. The first-order chi connectivity index (χ1) is 12.2. The Hall–Kier alpha value is -1.87. The van der Waals surface area contributed by atoms with Crippen LogP contribution in [0.25, 0.3) is 0 Å². The first kappa shape index (κ1) is 16.6. The number of aryl methyl sites for hydroxylation is 1. The molecule has 0 N–H and O–H groups in total. The molecule has 0 spiro atoms. The van der Waals surface area contributed by atoms with Gasteiger partial charge in [-0.2, -0.15) is 0 Å². The molecule has 3 heteroatoms. The number of benzene rings is 2. The standard InChI is InChI=1S/C22H26FNO/c1-16-4-2-3-5-18(16)12-19-6-7-21(13-22(19)23)24-14-20(15-24)17-8-10-25-11-9-17/h2-7,13,17,20H,8-12,14-15H2,1H3. The molecule has 2 saturated heterocycles. The largest absolute Gasteiger partial charge is 0.381 e. The van der Waals surface area contributed by atoms with E-state index in [1.165, 1.54) is 24.0 Å². The highest BCUT2D eigenvalue weighted by atomic mass is 19.1. The van der Waals surface area contributed by atoms with Crippen LogP contribution in [-0.4, -0.2) is 26.3 Å². The monoisotopic (exact) mass is 339 g/mol. The first-order valence-corrected chi connectivity index (χ1v) is 9.36. The van der Waals surface area contributed by atoms with E-state index >= 15 is 0 Å². The molecule has 132 valence electrons. The van der Waals surface area contributed by atoms with Crippen molar-refractivity contribution >= 4 is 5.69 Å². The molecule has 2 nitrogen and oxygen atoms in total. The average molecular weight is 339 g/mol. The highest BCUT2D eigenvalue weighted by Gasteiger charge is 2.34. The quantitative estimate of drug-likeness (QED) is 0.808. The molecule has 2 aliphatic heterocycles. The molecule has 25 heavy (non-hydrogen) atoms. The van der Waals surface area contributed by atoms with E-state index in [2.05, 4.69) is 30.0 Å². The van der Waals surface area contributed by atoms with Crippen LogP contribution < -0.4 is 4.90 Å². The lowest BCUT2D eigenvalue weighted by Gasteiger charge is -2.46. The number of ether oxygens (including phenoxy) is 1. The number of hydrogen-bond acceptors (Lipinski definition) is 2. The topological polar surface area (TPSA) is 12.5 Å². The Morgan fingerprint density at radius 1 is 1.00 bits per heavy atom. The average Bonchev–Trinajstić information content (AvgIpc) is 2.59. The molecule has 0 aromatic heterocycles. The second-order valence-electron chi connectivity index (χ2n) is 7.49. The van der Waals surface area contributed by atoms with Crippen LogP contribution in [0.5, 0.6) is 0 Å². The third-order valence-corrected chi connectivity index (χ3v) is 5.89. The lowest BCUT2D eigenvalue weighted by molar-refractivity contribution is 0.0410. The normalized spacial score (nSPS) is 19.0. The summed E-state index contributed by atoms with van der Waals surface area (Å²) in [4.78, 5) is 2.31. The summed E-state index contributed by atoms with van der Waals surface area (Å²) in [6, 6.07) is 14.0. The van der Waals surface area contributed by atoms with E-state index in [0.717, 1.165) is 49.4 Å². The first-order valence-electron chi connectivity index (χ1n) is 9.36. The molecule has 0 atom stereocenters. The minimum atomic E-state index is -0.0877. The van der Waals surface area contributed by atoms with E-state index in [1.54, 1.807) is 6.07 Å². The Balaban J connectivity index is 1.40. The predicted molar refractivity (Wildman–Crippen MR) is 99.6 cm³/mol. The summed E-state index contributed by atoms with van der Waals surface area (Å²) in [5.74, 6) is 1.45. The van der Waals surface area contributed by atoms with Crippen LogP contribution in [0.15, 0.2) is 42.5 Å². The van der Waals surface area contributed by atoms with E-state index < -0.39 is 0 Å². The van der Waals surface area contributed by atoms with E-state index in [9.17, 15) is 4.39 Å². The van der Waals surface area contributed by atoms with Crippen molar-refractivity contribution in [3.05, 3.63) is 65.0 Å². The predicted octanol–water partition coefficient (Wildman–Crippen LogP) is 4.59. The fourth-order valence-electron chi connectivity index (χ4n) is 4.10. The molecule has 2 aromatic rings. The number of hydrogen-bond donors (Lipinski definition) is 0. The van der Waals surface area contributed by atoms with Crippen molar-refractivity contribution in [2.45, 2.75) is 26.2 Å². The fraction of sp³-hybridized carbons (Fsp3) is 0.455. The van der Waals surface area contributed by atoms with Gasteiger partial charge in [0.05, 0.1) is 0 Å². The number of halogens is 1. The SMILES string of the molecule is Cc1ccccc1Cc1ccc(N2CC(C3CCOCC3)C2)cc1F. The van der Waals surface area contributed by atoms with Gasteiger partial charge in [0.2, 0.25) is 0 Å². The Labute approximate surface area is 149 Å². The zero-order valence-electron chi connectivity index (χ0n) is 14.9. The van der Waals surface area contributed by atoms with Gasteiger partial charge in [-0.05, 0) is 60.4 Å². The maximum Gasteiger partial charge on any atom is 0.128 e. The summed E-state index contributed by atoms with van der Waals surface area (Å²) >= 11 is 0. The van der Waals surface area contributed by atoms with Gasteiger partial charge >= 0.3 is 0 Å². The van der Waals surface area contributed by atoms with E-state index in [1.807, 2.05) is 18.2 Å². The third kappa shape index (κ3) is 3.57.